The van der Waals surface area contributed by atoms with Crippen molar-refractivity contribution in [2.75, 3.05) is 7.11 Å². The van der Waals surface area contributed by atoms with Crippen LogP contribution in [0.5, 0.6) is 5.75 Å². The number of methoxy groups -OCH3 is 1. The van der Waals surface area contributed by atoms with Crippen LogP contribution in [0, 0.1) is 0 Å². The van der Waals surface area contributed by atoms with E-state index in [0.717, 1.165) is 32.7 Å². The number of hydrogen-bond acceptors (Lipinski definition) is 5. The van der Waals surface area contributed by atoms with Gasteiger partial charge in [-0.05, 0) is 35.4 Å². The van der Waals surface area contributed by atoms with Crippen LogP contribution in [-0.4, -0.2) is 28.9 Å². The Hall–Kier alpha value is -3.71. The van der Waals surface area contributed by atoms with E-state index in [9.17, 15) is 9.59 Å². The Morgan fingerprint density at radius 3 is 2.69 bits per heavy atom. The fourth-order valence-corrected chi connectivity index (χ4v) is 4.92. The Morgan fingerprint density at radius 1 is 1.06 bits per heavy atom. The van der Waals surface area contributed by atoms with E-state index in [4.69, 9.17) is 4.74 Å². The van der Waals surface area contributed by atoms with Gasteiger partial charge in [-0.1, -0.05) is 54.6 Å². The average Bonchev–Trinajstić information content (AvgIpc) is 3.38. The molecule has 0 spiro atoms. The monoisotopic (exact) mass is 443 g/mol. The number of imide groups is 1. The highest BCUT2D eigenvalue weighted by Crippen LogP contribution is 2.35. The van der Waals surface area contributed by atoms with Gasteiger partial charge in [0.15, 0.2) is 0 Å². The number of benzene rings is 3. The maximum Gasteiger partial charge on any atom is 0.325 e. The summed E-state index contributed by atoms with van der Waals surface area (Å²) in [6.07, 6.45) is 0. The minimum Gasteiger partial charge on any atom is -0.497 e. The first-order valence-corrected chi connectivity index (χ1v) is 11.1. The quantitative estimate of drug-likeness (QED) is 0.444. The Morgan fingerprint density at radius 2 is 1.84 bits per heavy atom. The Kier molecular flexibility index (Phi) is 4.90. The molecule has 7 heteroatoms. The Bertz CT molecular complexity index is 1340. The summed E-state index contributed by atoms with van der Waals surface area (Å²) in [6.45, 7) is 1.88. The number of nitrogens with zero attached hydrogens (tertiary/aromatic N) is 2. The Labute approximate surface area is 189 Å². The molecule has 1 N–H and O–H groups in total. The predicted molar refractivity (Wildman–Crippen MR) is 124 cm³/mol. The van der Waals surface area contributed by atoms with Gasteiger partial charge in [0.1, 0.15) is 16.3 Å². The van der Waals surface area contributed by atoms with Gasteiger partial charge in [-0.2, -0.15) is 0 Å². The van der Waals surface area contributed by atoms with Crippen molar-refractivity contribution in [3.8, 4) is 16.3 Å². The van der Waals surface area contributed by atoms with Gasteiger partial charge in [-0.15, -0.1) is 11.3 Å². The number of rotatable bonds is 5. The predicted octanol–water partition coefficient (Wildman–Crippen LogP) is 4.94. The van der Waals surface area contributed by atoms with E-state index in [2.05, 4.69) is 10.3 Å². The molecule has 32 heavy (non-hydrogen) atoms. The molecule has 0 saturated carbocycles. The van der Waals surface area contributed by atoms with Crippen molar-refractivity contribution in [1.29, 1.82) is 0 Å². The number of aromatic nitrogens is 1. The van der Waals surface area contributed by atoms with Crippen molar-refractivity contribution in [3.05, 3.63) is 83.4 Å². The second-order valence-electron chi connectivity index (χ2n) is 7.85. The first kappa shape index (κ1) is 20.2. The second-order valence-corrected chi connectivity index (χ2v) is 8.71. The lowest BCUT2D eigenvalue weighted by Gasteiger charge is -2.24. The van der Waals surface area contributed by atoms with Crippen LogP contribution >= 0.6 is 11.3 Å². The third-order valence-electron chi connectivity index (χ3n) is 5.79. The summed E-state index contributed by atoms with van der Waals surface area (Å²) in [5.74, 6) is 0.467. The number of urea groups is 1. The van der Waals surface area contributed by atoms with E-state index in [1.54, 1.807) is 14.0 Å². The molecule has 5 rings (SSSR count). The van der Waals surface area contributed by atoms with Gasteiger partial charge in [0.05, 0.1) is 19.3 Å². The molecule has 3 aromatic carbocycles. The molecule has 1 aliphatic heterocycles. The molecule has 0 bridgehead atoms. The summed E-state index contributed by atoms with van der Waals surface area (Å²) >= 11 is 1.47. The van der Waals surface area contributed by atoms with Crippen molar-refractivity contribution in [2.24, 2.45) is 0 Å². The number of hydrogen-bond donors (Lipinski definition) is 1. The average molecular weight is 444 g/mol. The molecule has 1 aromatic heterocycles. The van der Waals surface area contributed by atoms with Crippen molar-refractivity contribution in [2.45, 2.75) is 19.0 Å². The van der Waals surface area contributed by atoms with E-state index >= 15 is 0 Å². The standard InChI is InChI=1S/C25H21N3O3S/c1-25(21-12-6-8-16-7-3-4-11-20(16)21)23(29)28(24(30)27-25)14-18-15-32-22(26-18)17-9-5-10-19(13-17)31-2/h3-13,15H,14H2,1-2H3,(H,27,30). The minimum absolute atomic E-state index is 0.117. The van der Waals surface area contributed by atoms with E-state index < -0.39 is 11.6 Å². The smallest absolute Gasteiger partial charge is 0.325 e. The van der Waals surface area contributed by atoms with Gasteiger partial charge < -0.3 is 10.1 Å². The van der Waals surface area contributed by atoms with E-state index in [-0.39, 0.29) is 12.5 Å². The van der Waals surface area contributed by atoms with E-state index in [0.29, 0.717) is 5.69 Å². The lowest BCUT2D eigenvalue weighted by Crippen LogP contribution is -2.41. The van der Waals surface area contributed by atoms with Crippen LogP contribution in [0.2, 0.25) is 0 Å². The molecule has 6 nitrogen and oxygen atoms in total. The summed E-state index contributed by atoms with van der Waals surface area (Å²) < 4.78 is 5.29. The van der Waals surface area contributed by atoms with Gasteiger partial charge in [0.25, 0.3) is 5.91 Å². The van der Waals surface area contributed by atoms with Crippen LogP contribution in [0.15, 0.2) is 72.1 Å². The van der Waals surface area contributed by atoms with Gasteiger partial charge in [-0.25, -0.2) is 9.78 Å². The van der Waals surface area contributed by atoms with Crippen LogP contribution in [0.1, 0.15) is 18.2 Å². The molecule has 1 atom stereocenters. The fraction of sp³-hybridized carbons (Fsp3) is 0.160. The topological polar surface area (TPSA) is 71.5 Å². The summed E-state index contributed by atoms with van der Waals surface area (Å²) in [5.41, 5.74) is 1.24. The van der Waals surface area contributed by atoms with Crippen molar-refractivity contribution < 1.29 is 14.3 Å². The van der Waals surface area contributed by atoms with E-state index in [1.165, 1.54) is 16.2 Å². The van der Waals surface area contributed by atoms with Crippen LogP contribution in [0.4, 0.5) is 4.79 Å². The minimum atomic E-state index is -1.14. The largest absolute Gasteiger partial charge is 0.497 e. The molecule has 3 amide bonds. The van der Waals surface area contributed by atoms with Gasteiger partial charge in [-0.3, -0.25) is 9.69 Å². The van der Waals surface area contributed by atoms with Crippen molar-refractivity contribution in [3.63, 3.8) is 0 Å². The highest BCUT2D eigenvalue weighted by molar-refractivity contribution is 7.13. The first-order valence-electron chi connectivity index (χ1n) is 10.2. The lowest BCUT2D eigenvalue weighted by atomic mass is 9.88. The van der Waals surface area contributed by atoms with Crippen molar-refractivity contribution >= 4 is 34.0 Å². The van der Waals surface area contributed by atoms with Crippen LogP contribution in [0.25, 0.3) is 21.3 Å². The number of carbonyl (C=O) groups excluding carboxylic acids is 2. The molecule has 0 radical (unpaired) electrons. The number of nitrogens with one attached hydrogen (secondary N) is 1. The summed E-state index contributed by atoms with van der Waals surface area (Å²) in [7, 11) is 1.62. The number of ether oxygens (including phenoxy) is 1. The molecule has 4 aromatic rings. The highest BCUT2D eigenvalue weighted by Gasteiger charge is 2.49. The molecular weight excluding hydrogens is 422 g/mol. The first-order chi connectivity index (χ1) is 15.5. The van der Waals surface area contributed by atoms with Crippen LogP contribution < -0.4 is 10.1 Å². The van der Waals surface area contributed by atoms with Gasteiger partial charge in [0.2, 0.25) is 0 Å². The zero-order valence-corrected chi connectivity index (χ0v) is 18.5. The number of thiazole rings is 1. The third-order valence-corrected chi connectivity index (χ3v) is 6.73. The van der Waals surface area contributed by atoms with Gasteiger partial charge >= 0.3 is 6.03 Å². The maximum atomic E-state index is 13.4. The number of carbonyl (C=O) groups is 2. The lowest BCUT2D eigenvalue weighted by molar-refractivity contribution is -0.131. The number of amides is 3. The summed E-state index contributed by atoms with van der Waals surface area (Å²) in [5, 5.41) is 7.56. The summed E-state index contributed by atoms with van der Waals surface area (Å²) in [4.78, 5) is 32.2. The number of fused-ring (bicyclic) bond motifs is 1. The molecule has 2 heterocycles. The molecule has 1 saturated heterocycles. The van der Waals surface area contributed by atoms with Crippen LogP contribution in [0.3, 0.4) is 0 Å². The van der Waals surface area contributed by atoms with Crippen LogP contribution in [-0.2, 0) is 16.9 Å². The van der Waals surface area contributed by atoms with E-state index in [1.807, 2.05) is 72.1 Å². The zero-order chi connectivity index (χ0) is 22.3. The SMILES string of the molecule is COc1cccc(-c2nc(CN3C(=O)NC(C)(c4cccc5ccccc45)C3=O)cs2)c1. The second kappa shape index (κ2) is 7.76. The Balaban J connectivity index is 1.43. The van der Waals surface area contributed by atoms with Crippen molar-refractivity contribution in [1.82, 2.24) is 15.2 Å². The highest BCUT2D eigenvalue weighted by atomic mass is 32.1. The normalized spacial score (nSPS) is 18.2. The molecule has 160 valence electrons. The van der Waals surface area contributed by atoms with Gasteiger partial charge in [0, 0.05) is 10.9 Å². The summed E-state index contributed by atoms with van der Waals surface area (Å²) in [6, 6.07) is 20.9. The molecule has 1 fully saturated rings. The molecule has 1 unspecified atom stereocenters. The molecule has 1 aliphatic rings. The molecule has 0 aliphatic carbocycles. The zero-order valence-electron chi connectivity index (χ0n) is 17.7. The fourth-order valence-electron chi connectivity index (χ4n) is 4.11. The maximum absolute atomic E-state index is 13.4. The molecular formula is C25H21N3O3S. The third kappa shape index (κ3) is 3.31.